The zero-order chi connectivity index (χ0) is 11.2. The number of piperidine rings is 1. The summed E-state index contributed by atoms with van der Waals surface area (Å²) in [7, 11) is 2.04. The fourth-order valence-electron chi connectivity index (χ4n) is 2.65. The Morgan fingerprint density at radius 1 is 1.31 bits per heavy atom. The standard InChI is InChI=1S/C12H20N4/c1-12(5-7-13-8-6-12)11-14-10(9-3-4-9)15-16(11)2/h9,13H,3-8H2,1-2H3. The molecule has 2 fully saturated rings. The molecule has 0 aromatic carbocycles. The van der Waals surface area contributed by atoms with E-state index in [9.17, 15) is 0 Å². The van der Waals surface area contributed by atoms with Crippen LogP contribution in [-0.4, -0.2) is 27.9 Å². The number of rotatable bonds is 2. The van der Waals surface area contributed by atoms with Gasteiger partial charge in [-0.2, -0.15) is 5.10 Å². The molecule has 1 N–H and O–H groups in total. The minimum Gasteiger partial charge on any atom is -0.317 e. The topological polar surface area (TPSA) is 42.7 Å². The molecule has 2 heterocycles. The first-order chi connectivity index (χ1) is 7.69. The number of nitrogens with one attached hydrogen (secondary N) is 1. The highest BCUT2D eigenvalue weighted by molar-refractivity contribution is 5.13. The zero-order valence-electron chi connectivity index (χ0n) is 10.2. The molecular formula is C12H20N4. The Kier molecular flexibility index (Phi) is 2.28. The molecule has 0 unspecified atom stereocenters. The number of aromatic nitrogens is 3. The molecule has 1 saturated carbocycles. The van der Waals surface area contributed by atoms with Crippen LogP contribution in [0.5, 0.6) is 0 Å². The predicted molar refractivity (Wildman–Crippen MR) is 62.4 cm³/mol. The first kappa shape index (κ1) is 10.3. The Labute approximate surface area is 96.4 Å². The summed E-state index contributed by atoms with van der Waals surface area (Å²) in [6.45, 7) is 4.53. The van der Waals surface area contributed by atoms with Gasteiger partial charge in [0.2, 0.25) is 0 Å². The van der Waals surface area contributed by atoms with Gasteiger partial charge < -0.3 is 5.32 Å². The first-order valence-electron chi connectivity index (χ1n) is 6.31. The largest absolute Gasteiger partial charge is 0.317 e. The highest BCUT2D eigenvalue weighted by Crippen LogP contribution is 2.39. The third-order valence-electron chi connectivity index (χ3n) is 3.97. The lowest BCUT2D eigenvalue weighted by Gasteiger charge is -2.32. The van der Waals surface area contributed by atoms with Gasteiger partial charge in [-0.05, 0) is 38.8 Å². The summed E-state index contributed by atoms with van der Waals surface area (Å²) in [5.74, 6) is 2.93. The van der Waals surface area contributed by atoms with Gasteiger partial charge in [0.1, 0.15) is 5.82 Å². The van der Waals surface area contributed by atoms with Gasteiger partial charge in [0, 0.05) is 18.4 Å². The van der Waals surface area contributed by atoms with Gasteiger partial charge >= 0.3 is 0 Å². The van der Waals surface area contributed by atoms with E-state index in [0.717, 1.165) is 18.9 Å². The molecule has 2 aliphatic rings. The summed E-state index contributed by atoms with van der Waals surface area (Å²) < 4.78 is 2.01. The fourth-order valence-corrected chi connectivity index (χ4v) is 2.65. The van der Waals surface area contributed by atoms with Gasteiger partial charge in [0.25, 0.3) is 0 Å². The van der Waals surface area contributed by atoms with Gasteiger partial charge in [-0.3, -0.25) is 4.68 Å². The van der Waals surface area contributed by atoms with Crippen LogP contribution in [0.2, 0.25) is 0 Å². The molecular weight excluding hydrogens is 200 g/mol. The average Bonchev–Trinajstić information content (AvgIpc) is 3.03. The second kappa shape index (κ2) is 3.55. The van der Waals surface area contributed by atoms with Crippen molar-refractivity contribution in [2.75, 3.05) is 13.1 Å². The molecule has 1 aliphatic carbocycles. The van der Waals surface area contributed by atoms with E-state index in [1.165, 1.54) is 31.5 Å². The maximum absolute atomic E-state index is 4.79. The van der Waals surface area contributed by atoms with E-state index < -0.39 is 0 Å². The summed E-state index contributed by atoms with van der Waals surface area (Å²) >= 11 is 0. The van der Waals surface area contributed by atoms with Crippen molar-refractivity contribution in [1.82, 2.24) is 20.1 Å². The molecule has 1 aliphatic heterocycles. The maximum atomic E-state index is 4.79. The van der Waals surface area contributed by atoms with Crippen molar-refractivity contribution in [2.45, 2.75) is 43.9 Å². The molecule has 4 heteroatoms. The number of nitrogens with zero attached hydrogens (tertiary/aromatic N) is 3. The molecule has 0 amide bonds. The summed E-state index contributed by atoms with van der Waals surface area (Å²) in [5.41, 5.74) is 0.222. The zero-order valence-corrected chi connectivity index (χ0v) is 10.2. The normalized spacial score (nSPS) is 24.6. The van der Waals surface area contributed by atoms with Crippen LogP contribution in [0.4, 0.5) is 0 Å². The molecule has 4 nitrogen and oxygen atoms in total. The second-order valence-corrected chi connectivity index (χ2v) is 5.50. The van der Waals surface area contributed by atoms with Crippen molar-refractivity contribution in [3.05, 3.63) is 11.6 Å². The monoisotopic (exact) mass is 220 g/mol. The highest BCUT2D eigenvalue weighted by atomic mass is 15.3. The van der Waals surface area contributed by atoms with Gasteiger partial charge in [-0.25, -0.2) is 4.98 Å². The molecule has 1 aromatic rings. The summed E-state index contributed by atoms with van der Waals surface area (Å²) in [4.78, 5) is 4.79. The second-order valence-electron chi connectivity index (χ2n) is 5.50. The SMILES string of the molecule is Cn1nc(C2CC2)nc1C1(C)CCNCC1. The van der Waals surface area contributed by atoms with Crippen LogP contribution in [0, 0.1) is 0 Å². The van der Waals surface area contributed by atoms with Crippen LogP contribution < -0.4 is 5.32 Å². The first-order valence-corrected chi connectivity index (χ1v) is 6.31. The Morgan fingerprint density at radius 3 is 2.62 bits per heavy atom. The quantitative estimate of drug-likeness (QED) is 0.817. The minimum atomic E-state index is 0.222. The Balaban J connectivity index is 1.91. The third kappa shape index (κ3) is 1.65. The minimum absolute atomic E-state index is 0.222. The van der Waals surface area contributed by atoms with Gasteiger partial charge in [0.05, 0.1) is 0 Å². The van der Waals surface area contributed by atoms with Crippen molar-refractivity contribution >= 4 is 0 Å². The lowest BCUT2D eigenvalue weighted by atomic mass is 9.80. The van der Waals surface area contributed by atoms with Gasteiger partial charge in [-0.1, -0.05) is 6.92 Å². The molecule has 3 rings (SSSR count). The van der Waals surface area contributed by atoms with Crippen LogP contribution in [0.25, 0.3) is 0 Å². The lowest BCUT2D eigenvalue weighted by molar-refractivity contribution is 0.309. The summed E-state index contributed by atoms with van der Waals surface area (Å²) in [5, 5.41) is 7.99. The molecule has 1 aromatic heterocycles. The predicted octanol–water partition coefficient (Wildman–Crippen LogP) is 1.33. The molecule has 16 heavy (non-hydrogen) atoms. The lowest BCUT2D eigenvalue weighted by Crippen LogP contribution is -2.39. The van der Waals surface area contributed by atoms with Gasteiger partial charge in [-0.15, -0.1) is 0 Å². The Bertz CT molecular complexity index is 386. The maximum Gasteiger partial charge on any atom is 0.154 e. The van der Waals surface area contributed by atoms with Crippen LogP contribution in [0.1, 0.15) is 50.2 Å². The van der Waals surface area contributed by atoms with E-state index in [0.29, 0.717) is 5.92 Å². The van der Waals surface area contributed by atoms with Crippen molar-refractivity contribution in [3.8, 4) is 0 Å². The molecule has 1 saturated heterocycles. The van der Waals surface area contributed by atoms with E-state index in [-0.39, 0.29) is 5.41 Å². The molecule has 0 atom stereocenters. The number of hydrogen-bond acceptors (Lipinski definition) is 3. The van der Waals surface area contributed by atoms with Crippen LogP contribution in [0.3, 0.4) is 0 Å². The van der Waals surface area contributed by atoms with Crippen molar-refractivity contribution in [3.63, 3.8) is 0 Å². The van der Waals surface area contributed by atoms with E-state index in [2.05, 4.69) is 17.3 Å². The fraction of sp³-hybridized carbons (Fsp3) is 0.833. The molecule has 0 bridgehead atoms. The van der Waals surface area contributed by atoms with E-state index >= 15 is 0 Å². The molecule has 0 radical (unpaired) electrons. The van der Waals surface area contributed by atoms with Crippen molar-refractivity contribution in [1.29, 1.82) is 0 Å². The van der Waals surface area contributed by atoms with E-state index in [4.69, 9.17) is 4.98 Å². The summed E-state index contributed by atoms with van der Waals surface area (Å²) in [6, 6.07) is 0. The van der Waals surface area contributed by atoms with Crippen LogP contribution in [0.15, 0.2) is 0 Å². The smallest absolute Gasteiger partial charge is 0.154 e. The van der Waals surface area contributed by atoms with Crippen molar-refractivity contribution in [2.24, 2.45) is 7.05 Å². The highest BCUT2D eigenvalue weighted by Gasteiger charge is 2.36. The summed E-state index contributed by atoms with van der Waals surface area (Å²) in [6.07, 6.45) is 4.90. The van der Waals surface area contributed by atoms with E-state index in [1.54, 1.807) is 0 Å². The molecule has 88 valence electrons. The van der Waals surface area contributed by atoms with Gasteiger partial charge in [0.15, 0.2) is 5.82 Å². The number of hydrogen-bond donors (Lipinski definition) is 1. The number of aryl methyl sites for hydroxylation is 1. The average molecular weight is 220 g/mol. The van der Waals surface area contributed by atoms with Crippen molar-refractivity contribution < 1.29 is 0 Å². The Hall–Kier alpha value is -0.900. The molecule has 0 spiro atoms. The van der Waals surface area contributed by atoms with Crippen LogP contribution in [-0.2, 0) is 12.5 Å². The van der Waals surface area contributed by atoms with E-state index in [1.807, 2.05) is 11.7 Å². The Morgan fingerprint density at radius 2 is 2.00 bits per heavy atom. The third-order valence-corrected chi connectivity index (χ3v) is 3.97. The van der Waals surface area contributed by atoms with Crippen LogP contribution >= 0.6 is 0 Å².